The van der Waals surface area contributed by atoms with E-state index in [4.69, 9.17) is 9.15 Å². The van der Waals surface area contributed by atoms with E-state index in [1.54, 1.807) is 36.9 Å². The molecule has 1 amide bonds. The van der Waals surface area contributed by atoms with E-state index in [0.29, 0.717) is 29.6 Å². The molecule has 1 unspecified atom stereocenters. The van der Waals surface area contributed by atoms with Gasteiger partial charge in [-0.05, 0) is 38.8 Å². The number of amides is 1. The fourth-order valence-electron chi connectivity index (χ4n) is 3.54. The molecular formula is C21H21FN4O3. The van der Waals surface area contributed by atoms with Crippen molar-refractivity contribution in [1.29, 1.82) is 0 Å². The second-order valence-electron chi connectivity index (χ2n) is 7.04. The maximum absolute atomic E-state index is 13.9. The van der Waals surface area contributed by atoms with Gasteiger partial charge >= 0.3 is 0 Å². The first-order chi connectivity index (χ1) is 13.9. The molecule has 1 saturated heterocycles. The van der Waals surface area contributed by atoms with Crippen LogP contribution in [0.1, 0.15) is 52.5 Å². The van der Waals surface area contributed by atoms with Crippen LogP contribution in [0, 0.1) is 26.6 Å². The average Bonchev–Trinajstić information content (AvgIpc) is 3.29. The highest BCUT2D eigenvalue weighted by Crippen LogP contribution is 2.33. The number of halogens is 1. The Morgan fingerprint density at radius 2 is 2.00 bits per heavy atom. The number of aryl methyl sites for hydroxylation is 3. The molecule has 0 bridgehead atoms. The second-order valence-corrected chi connectivity index (χ2v) is 7.04. The molecule has 3 aromatic rings. The Morgan fingerprint density at radius 1 is 1.21 bits per heavy atom. The molecular weight excluding hydrogens is 375 g/mol. The van der Waals surface area contributed by atoms with Gasteiger partial charge in [0.25, 0.3) is 5.91 Å². The summed E-state index contributed by atoms with van der Waals surface area (Å²) in [5, 5.41) is 0. The molecule has 1 aliphatic rings. The molecule has 0 spiro atoms. The van der Waals surface area contributed by atoms with Crippen molar-refractivity contribution in [3.8, 4) is 11.6 Å². The van der Waals surface area contributed by atoms with Gasteiger partial charge in [0.2, 0.25) is 11.6 Å². The summed E-state index contributed by atoms with van der Waals surface area (Å²) >= 11 is 0. The zero-order valence-corrected chi connectivity index (χ0v) is 16.5. The molecule has 3 heterocycles. The van der Waals surface area contributed by atoms with E-state index in [2.05, 4.69) is 15.0 Å². The first kappa shape index (κ1) is 19.0. The minimum Gasteiger partial charge on any atom is -0.436 e. The first-order valence-corrected chi connectivity index (χ1v) is 9.45. The van der Waals surface area contributed by atoms with Crippen LogP contribution in [0.15, 0.2) is 34.7 Å². The molecule has 150 valence electrons. The van der Waals surface area contributed by atoms with E-state index in [1.165, 1.54) is 12.1 Å². The summed E-state index contributed by atoms with van der Waals surface area (Å²) in [6, 6.07) is 7.47. The third kappa shape index (κ3) is 3.83. The molecule has 0 aliphatic carbocycles. The predicted octanol–water partition coefficient (Wildman–Crippen LogP) is 4.30. The number of oxazole rings is 1. The summed E-state index contributed by atoms with van der Waals surface area (Å²) in [6.45, 7) is 5.84. The number of carbonyl (C=O) groups is 1. The first-order valence-electron chi connectivity index (χ1n) is 9.45. The zero-order chi connectivity index (χ0) is 20.5. The summed E-state index contributed by atoms with van der Waals surface area (Å²) in [5.41, 5.74) is 1.24. The number of nitrogens with zero attached hydrogens (tertiary/aromatic N) is 4. The lowest BCUT2D eigenvalue weighted by atomic mass is 10.2. The predicted molar refractivity (Wildman–Crippen MR) is 102 cm³/mol. The van der Waals surface area contributed by atoms with E-state index in [0.717, 1.165) is 12.8 Å². The summed E-state index contributed by atoms with van der Waals surface area (Å²) in [6.07, 6.45) is 1.55. The number of aromatic nitrogens is 3. The Balaban J connectivity index is 1.63. The van der Waals surface area contributed by atoms with E-state index >= 15 is 0 Å². The van der Waals surface area contributed by atoms with Crippen LogP contribution < -0.4 is 4.74 Å². The molecule has 1 fully saturated rings. The van der Waals surface area contributed by atoms with Crippen LogP contribution in [-0.4, -0.2) is 32.3 Å². The Labute approximate surface area is 167 Å². The van der Waals surface area contributed by atoms with Gasteiger partial charge in [-0.25, -0.2) is 14.4 Å². The van der Waals surface area contributed by atoms with E-state index in [9.17, 15) is 9.18 Å². The molecule has 0 radical (unpaired) electrons. The van der Waals surface area contributed by atoms with Crippen LogP contribution in [-0.2, 0) is 0 Å². The van der Waals surface area contributed by atoms with Gasteiger partial charge in [0.1, 0.15) is 0 Å². The summed E-state index contributed by atoms with van der Waals surface area (Å²) < 4.78 is 25.1. The smallest absolute Gasteiger partial charge is 0.292 e. The molecule has 4 rings (SSSR count). The fraction of sp³-hybridized carbons (Fsp3) is 0.333. The quantitative estimate of drug-likeness (QED) is 0.654. The lowest BCUT2D eigenvalue weighted by molar-refractivity contribution is 0.0694. The topological polar surface area (TPSA) is 81.4 Å². The minimum absolute atomic E-state index is 0.0867. The Hall–Kier alpha value is -3.29. The van der Waals surface area contributed by atoms with Gasteiger partial charge < -0.3 is 14.1 Å². The highest BCUT2D eigenvalue weighted by Gasteiger charge is 2.35. The highest BCUT2D eigenvalue weighted by atomic mass is 19.1. The van der Waals surface area contributed by atoms with Crippen LogP contribution in [0.25, 0.3) is 0 Å². The van der Waals surface area contributed by atoms with Crippen molar-refractivity contribution < 1.29 is 18.3 Å². The molecule has 7 nitrogen and oxygen atoms in total. The second kappa shape index (κ2) is 7.62. The number of benzene rings is 1. The van der Waals surface area contributed by atoms with Crippen LogP contribution in [0.2, 0.25) is 0 Å². The van der Waals surface area contributed by atoms with Gasteiger partial charge in [0, 0.05) is 25.2 Å². The molecule has 8 heteroatoms. The number of hydrogen-bond acceptors (Lipinski definition) is 6. The van der Waals surface area contributed by atoms with Gasteiger partial charge in [-0.3, -0.25) is 4.79 Å². The van der Waals surface area contributed by atoms with Crippen molar-refractivity contribution in [3.63, 3.8) is 0 Å². The maximum Gasteiger partial charge on any atom is 0.292 e. The Bertz CT molecular complexity index is 1070. The maximum atomic E-state index is 13.9. The fourth-order valence-corrected chi connectivity index (χ4v) is 3.54. The van der Waals surface area contributed by atoms with Gasteiger partial charge in [0.15, 0.2) is 23.3 Å². The van der Waals surface area contributed by atoms with Crippen LogP contribution >= 0.6 is 0 Å². The zero-order valence-electron chi connectivity index (χ0n) is 16.5. The number of carbonyl (C=O) groups excluding carboxylic acids is 1. The van der Waals surface area contributed by atoms with Crippen molar-refractivity contribution in [1.82, 2.24) is 19.9 Å². The van der Waals surface area contributed by atoms with Crippen molar-refractivity contribution in [2.24, 2.45) is 0 Å². The minimum atomic E-state index is -0.473. The van der Waals surface area contributed by atoms with Crippen molar-refractivity contribution in [2.75, 3.05) is 6.54 Å². The Morgan fingerprint density at radius 3 is 2.72 bits per heavy atom. The highest BCUT2D eigenvalue weighted by molar-refractivity contribution is 5.92. The van der Waals surface area contributed by atoms with Gasteiger partial charge in [0.05, 0.1) is 11.7 Å². The third-order valence-corrected chi connectivity index (χ3v) is 4.81. The molecule has 1 aliphatic heterocycles. The summed E-state index contributed by atoms with van der Waals surface area (Å²) in [4.78, 5) is 27.9. The van der Waals surface area contributed by atoms with Crippen molar-refractivity contribution in [3.05, 3.63) is 65.0 Å². The van der Waals surface area contributed by atoms with E-state index in [1.807, 2.05) is 6.92 Å². The van der Waals surface area contributed by atoms with Crippen molar-refractivity contribution >= 4 is 5.91 Å². The average molecular weight is 396 g/mol. The SMILES string of the molecule is Cc1cc(Oc2ccccc2F)nc(C2CCCN2C(=O)c2oc(C)nc2C)n1. The lowest BCUT2D eigenvalue weighted by Gasteiger charge is -2.23. The van der Waals surface area contributed by atoms with Gasteiger partial charge in [-0.1, -0.05) is 12.1 Å². The third-order valence-electron chi connectivity index (χ3n) is 4.81. The van der Waals surface area contributed by atoms with Crippen LogP contribution in [0.5, 0.6) is 11.6 Å². The number of likely N-dealkylation sites (tertiary alicyclic amines) is 1. The molecule has 0 saturated carbocycles. The van der Waals surface area contributed by atoms with Crippen molar-refractivity contribution in [2.45, 2.75) is 39.7 Å². The monoisotopic (exact) mass is 396 g/mol. The standard InChI is InChI=1S/C21H21FN4O3/c1-12-11-18(29-17-9-5-4-7-15(17)22)25-20(23-12)16-8-6-10-26(16)21(27)19-13(2)24-14(3)28-19/h4-5,7,9,11,16H,6,8,10H2,1-3H3. The number of rotatable bonds is 4. The largest absolute Gasteiger partial charge is 0.436 e. The number of para-hydroxylation sites is 1. The normalized spacial score (nSPS) is 16.3. The number of ether oxygens (including phenoxy) is 1. The van der Waals surface area contributed by atoms with E-state index in [-0.39, 0.29) is 29.3 Å². The van der Waals surface area contributed by atoms with Crippen LogP contribution in [0.4, 0.5) is 4.39 Å². The molecule has 29 heavy (non-hydrogen) atoms. The van der Waals surface area contributed by atoms with Gasteiger partial charge in [-0.15, -0.1) is 0 Å². The van der Waals surface area contributed by atoms with Gasteiger partial charge in [-0.2, -0.15) is 4.98 Å². The number of hydrogen-bond donors (Lipinski definition) is 0. The molecule has 1 aromatic carbocycles. The molecule has 1 atom stereocenters. The summed E-state index contributed by atoms with van der Waals surface area (Å²) in [7, 11) is 0. The van der Waals surface area contributed by atoms with E-state index < -0.39 is 5.82 Å². The summed E-state index contributed by atoms with van der Waals surface area (Å²) in [5.74, 6) is 0.786. The molecule has 0 N–H and O–H groups in total. The molecule has 2 aromatic heterocycles. The lowest BCUT2D eigenvalue weighted by Crippen LogP contribution is -2.31. The van der Waals surface area contributed by atoms with Crippen LogP contribution in [0.3, 0.4) is 0 Å². The Kier molecular flexibility index (Phi) is 5.00.